The topological polar surface area (TPSA) is 26.3 Å². The second-order valence-corrected chi connectivity index (χ2v) is 2.73. The zero-order chi connectivity index (χ0) is 8.10. The first kappa shape index (κ1) is 8.14. The molecule has 0 saturated heterocycles. The lowest BCUT2D eigenvalue weighted by Crippen LogP contribution is -1.84. The van der Waals surface area contributed by atoms with E-state index in [0.717, 1.165) is 28.0 Å². The third-order valence-corrected chi connectivity index (χ3v) is 1.93. The van der Waals surface area contributed by atoms with Gasteiger partial charge in [0.15, 0.2) is 5.62 Å². The van der Waals surface area contributed by atoms with Gasteiger partial charge in [0, 0.05) is 0 Å². The molecule has 0 aliphatic rings. The van der Waals surface area contributed by atoms with Gasteiger partial charge in [-0.15, -0.1) is 0 Å². The highest BCUT2D eigenvalue weighted by molar-refractivity contribution is 8.12. The van der Waals surface area contributed by atoms with Gasteiger partial charge >= 0.3 is 0 Å². The summed E-state index contributed by atoms with van der Waals surface area (Å²) in [5.41, 5.74) is 0.790. The van der Waals surface area contributed by atoms with Gasteiger partial charge in [0.05, 0.1) is 12.0 Å². The van der Waals surface area contributed by atoms with Crippen molar-refractivity contribution in [2.75, 3.05) is 7.11 Å². The molecule has 0 radical (unpaired) electrons. The summed E-state index contributed by atoms with van der Waals surface area (Å²) in [5.74, 6) is 0.740. The molecule has 2 nitrogen and oxygen atoms in total. The van der Waals surface area contributed by atoms with E-state index >= 15 is 0 Å². The van der Waals surface area contributed by atoms with Crippen LogP contribution in [0.1, 0.15) is 0 Å². The average Bonchev–Trinajstić information content (AvgIpc) is 2.06. The van der Waals surface area contributed by atoms with E-state index in [9.17, 15) is 4.79 Å². The van der Waals surface area contributed by atoms with E-state index in [1.807, 2.05) is 24.3 Å². The smallest absolute Gasteiger partial charge is 0.181 e. The van der Waals surface area contributed by atoms with Gasteiger partial charge in [0.1, 0.15) is 5.75 Å². The van der Waals surface area contributed by atoms with Crippen molar-refractivity contribution in [1.29, 1.82) is 0 Å². The summed E-state index contributed by atoms with van der Waals surface area (Å²) in [6, 6.07) is 7.41. The zero-order valence-electron chi connectivity index (χ0n) is 6.11. The Hall–Kier alpha value is -0.960. The number of hydrogen-bond donors (Lipinski definition) is 0. The van der Waals surface area contributed by atoms with Gasteiger partial charge in [0.2, 0.25) is 0 Å². The van der Waals surface area contributed by atoms with Crippen LogP contribution >= 0.6 is 11.8 Å². The van der Waals surface area contributed by atoms with Crippen LogP contribution in [-0.4, -0.2) is 12.7 Å². The highest BCUT2D eigenvalue weighted by atomic mass is 32.2. The molecular weight excluding hydrogens is 160 g/mol. The molecule has 0 unspecified atom stereocenters. The molecule has 1 aromatic rings. The van der Waals surface area contributed by atoms with Crippen molar-refractivity contribution in [2.45, 2.75) is 4.90 Å². The van der Waals surface area contributed by atoms with Crippen LogP contribution in [0.25, 0.3) is 0 Å². The number of thioether (sulfide) groups is 1. The van der Waals surface area contributed by atoms with Crippen molar-refractivity contribution in [2.24, 2.45) is 0 Å². The number of benzene rings is 1. The molecule has 0 atom stereocenters. The van der Waals surface area contributed by atoms with E-state index in [1.165, 1.54) is 0 Å². The Balaban J connectivity index is 2.92. The van der Waals surface area contributed by atoms with Crippen LogP contribution in [0.3, 0.4) is 0 Å². The van der Waals surface area contributed by atoms with Crippen LogP contribution in [0.4, 0.5) is 0 Å². The number of ether oxygens (including phenoxy) is 1. The first-order chi connectivity index (χ1) is 5.38. The molecule has 58 valence electrons. The average molecular weight is 168 g/mol. The Morgan fingerprint density at radius 2 is 2.18 bits per heavy atom. The number of rotatable bonds is 3. The van der Waals surface area contributed by atoms with Gasteiger partial charge in [-0.2, -0.15) is 0 Å². The highest BCUT2D eigenvalue weighted by Gasteiger charge is 1.99. The molecule has 0 spiro atoms. The minimum atomic E-state index is 0.740. The van der Waals surface area contributed by atoms with Crippen LogP contribution < -0.4 is 4.74 Å². The minimum absolute atomic E-state index is 0.740. The van der Waals surface area contributed by atoms with Crippen LogP contribution in [-0.2, 0) is 4.79 Å². The van der Waals surface area contributed by atoms with Gasteiger partial charge < -0.3 is 4.74 Å². The maximum atomic E-state index is 10.1. The second kappa shape index (κ2) is 4.03. The predicted molar refractivity (Wildman–Crippen MR) is 45.6 cm³/mol. The van der Waals surface area contributed by atoms with Crippen LogP contribution in [0, 0.1) is 0 Å². The van der Waals surface area contributed by atoms with Crippen LogP contribution in [0.15, 0.2) is 29.2 Å². The molecular formula is C8H8O2S. The Labute approximate surface area is 69.6 Å². The summed E-state index contributed by atoms with van der Waals surface area (Å²) < 4.78 is 5.02. The fraction of sp³-hybridized carbons (Fsp3) is 0.125. The first-order valence-corrected chi connectivity index (χ1v) is 3.99. The molecule has 0 fully saturated rings. The normalized spacial score (nSPS) is 9.18. The van der Waals surface area contributed by atoms with Crippen molar-refractivity contribution >= 4 is 17.4 Å². The number of para-hydroxylation sites is 1. The zero-order valence-corrected chi connectivity index (χ0v) is 6.93. The van der Waals surface area contributed by atoms with E-state index in [4.69, 9.17) is 4.74 Å². The van der Waals surface area contributed by atoms with E-state index in [-0.39, 0.29) is 0 Å². The Morgan fingerprint density at radius 1 is 1.45 bits per heavy atom. The second-order valence-electron chi connectivity index (χ2n) is 1.86. The van der Waals surface area contributed by atoms with Gasteiger partial charge in [-0.1, -0.05) is 23.9 Å². The Bertz CT molecular complexity index is 248. The fourth-order valence-electron chi connectivity index (χ4n) is 0.768. The molecule has 0 aliphatic carbocycles. The number of carbonyl (C=O) groups excluding carboxylic acids is 1. The minimum Gasteiger partial charge on any atom is -0.496 e. The summed E-state index contributed by atoms with van der Waals surface area (Å²) in [6.07, 6.45) is 0. The Kier molecular flexibility index (Phi) is 2.98. The molecule has 0 saturated carbocycles. The molecule has 11 heavy (non-hydrogen) atoms. The molecule has 0 bridgehead atoms. The molecule has 1 rings (SSSR count). The highest BCUT2D eigenvalue weighted by Crippen LogP contribution is 2.26. The van der Waals surface area contributed by atoms with Crippen molar-refractivity contribution < 1.29 is 9.53 Å². The van der Waals surface area contributed by atoms with Gasteiger partial charge in [-0.05, 0) is 12.1 Å². The summed E-state index contributed by atoms with van der Waals surface area (Å²) in [7, 11) is 1.59. The predicted octanol–water partition coefficient (Wildman–Crippen LogP) is 1.98. The number of carbonyl (C=O) groups is 1. The van der Waals surface area contributed by atoms with Crippen molar-refractivity contribution in [1.82, 2.24) is 0 Å². The molecule has 3 heteroatoms. The lowest BCUT2D eigenvalue weighted by Gasteiger charge is -2.02. The fourth-order valence-corrected chi connectivity index (χ4v) is 1.30. The largest absolute Gasteiger partial charge is 0.496 e. The third-order valence-electron chi connectivity index (χ3n) is 1.24. The van der Waals surface area contributed by atoms with Gasteiger partial charge in [-0.3, -0.25) is 4.79 Å². The van der Waals surface area contributed by atoms with E-state index in [1.54, 1.807) is 7.11 Å². The van der Waals surface area contributed by atoms with Crippen molar-refractivity contribution in [3.05, 3.63) is 24.3 Å². The third kappa shape index (κ3) is 1.98. The number of methoxy groups -OCH3 is 1. The summed E-state index contributed by atoms with van der Waals surface area (Å²) in [5, 5.41) is 0. The van der Waals surface area contributed by atoms with E-state index in [2.05, 4.69) is 0 Å². The van der Waals surface area contributed by atoms with Crippen molar-refractivity contribution in [3.8, 4) is 5.75 Å². The van der Waals surface area contributed by atoms with Crippen LogP contribution in [0.2, 0.25) is 0 Å². The van der Waals surface area contributed by atoms with Crippen molar-refractivity contribution in [3.63, 3.8) is 0 Å². The first-order valence-electron chi connectivity index (χ1n) is 3.12. The summed E-state index contributed by atoms with van der Waals surface area (Å²) in [6.45, 7) is 0. The lowest BCUT2D eigenvalue weighted by atomic mass is 10.3. The monoisotopic (exact) mass is 168 g/mol. The van der Waals surface area contributed by atoms with E-state index < -0.39 is 0 Å². The van der Waals surface area contributed by atoms with Gasteiger partial charge in [-0.25, -0.2) is 0 Å². The maximum Gasteiger partial charge on any atom is 0.181 e. The molecule has 0 N–H and O–H groups in total. The quantitative estimate of drug-likeness (QED) is 0.510. The molecule has 0 aliphatic heterocycles. The summed E-state index contributed by atoms with van der Waals surface area (Å²) in [4.78, 5) is 11.0. The lowest BCUT2D eigenvalue weighted by molar-refractivity contribution is 0.405. The molecule has 0 aromatic heterocycles. The molecule has 0 heterocycles. The van der Waals surface area contributed by atoms with Gasteiger partial charge in [0.25, 0.3) is 0 Å². The van der Waals surface area contributed by atoms with E-state index in [0.29, 0.717) is 0 Å². The molecule has 0 amide bonds. The SMILES string of the molecule is COc1ccccc1SC=O. The summed E-state index contributed by atoms with van der Waals surface area (Å²) >= 11 is 1.12. The molecule has 1 aromatic carbocycles. The maximum absolute atomic E-state index is 10.1. The standard InChI is InChI=1S/C8H8O2S/c1-10-7-4-2-3-5-8(7)11-6-9/h2-6H,1H3. The van der Waals surface area contributed by atoms with Crippen LogP contribution in [0.5, 0.6) is 5.75 Å². The number of hydrogen-bond acceptors (Lipinski definition) is 3. The Morgan fingerprint density at radius 3 is 2.82 bits per heavy atom.